The van der Waals surface area contributed by atoms with E-state index >= 15 is 0 Å². The molecule has 2 aromatic heterocycles. The molecule has 5 nitrogen and oxygen atoms in total. The fraction of sp³-hybridized carbons (Fsp3) is 0.750. The minimum absolute atomic E-state index is 0.105. The van der Waals surface area contributed by atoms with E-state index in [0.29, 0.717) is 5.41 Å². The lowest BCUT2D eigenvalue weighted by Crippen LogP contribution is -3.14. The number of hydrogen-bond acceptors (Lipinski definition) is 4. The topological polar surface area (TPSA) is 48.0 Å². The number of tetrazole rings is 1. The van der Waals surface area contributed by atoms with E-state index in [1.807, 2.05) is 16.0 Å². The molecule has 1 spiro atoms. The fourth-order valence-electron chi connectivity index (χ4n) is 5.14. The first-order valence-electron chi connectivity index (χ1n) is 10.2. The van der Waals surface area contributed by atoms with E-state index in [4.69, 9.17) is 0 Å². The molecule has 2 aromatic rings. The van der Waals surface area contributed by atoms with Crippen LogP contribution in [0.15, 0.2) is 17.5 Å². The lowest BCUT2D eigenvalue weighted by Gasteiger charge is -2.45. The van der Waals surface area contributed by atoms with E-state index in [0.717, 1.165) is 5.82 Å². The third kappa shape index (κ3) is 3.46. The van der Waals surface area contributed by atoms with Gasteiger partial charge in [-0.15, -0.1) is 16.4 Å². The first-order valence-corrected chi connectivity index (χ1v) is 11.0. The standard InChI is InChI=1S/C20H31N5S/c1-19(2,3)25-18(21-22-23-25)17(16-9-7-14-26-16)24-13-8-12-20(15-24)10-5-4-6-11-20/h7,9,14,17H,4-6,8,10-13,15H2,1-3H3/p+1/t17-/m1/s1. The van der Waals surface area contributed by atoms with Crippen LogP contribution in [0.4, 0.5) is 0 Å². The van der Waals surface area contributed by atoms with Crippen LogP contribution in [0.1, 0.15) is 82.5 Å². The van der Waals surface area contributed by atoms with Gasteiger partial charge in [-0.25, -0.2) is 4.68 Å². The Kier molecular flexibility index (Phi) is 4.90. The van der Waals surface area contributed by atoms with Gasteiger partial charge in [0.2, 0.25) is 5.82 Å². The van der Waals surface area contributed by atoms with Gasteiger partial charge in [-0.2, -0.15) is 0 Å². The molecule has 0 radical (unpaired) electrons. The van der Waals surface area contributed by atoms with Crippen LogP contribution in [0.25, 0.3) is 0 Å². The predicted octanol–water partition coefficient (Wildman–Crippen LogP) is 3.21. The predicted molar refractivity (Wildman–Crippen MR) is 104 cm³/mol. The second kappa shape index (κ2) is 7.04. The summed E-state index contributed by atoms with van der Waals surface area (Å²) >= 11 is 1.85. The summed E-state index contributed by atoms with van der Waals surface area (Å²) in [5, 5.41) is 15.2. The Hall–Kier alpha value is -1.27. The minimum Gasteiger partial charge on any atom is -0.321 e. The van der Waals surface area contributed by atoms with Gasteiger partial charge < -0.3 is 4.90 Å². The summed E-state index contributed by atoms with van der Waals surface area (Å²) in [7, 11) is 0. The molecule has 0 amide bonds. The molecule has 26 heavy (non-hydrogen) atoms. The Balaban J connectivity index is 1.70. The number of rotatable bonds is 3. The van der Waals surface area contributed by atoms with Crippen molar-refractivity contribution in [3.8, 4) is 0 Å². The molecule has 1 aliphatic heterocycles. The van der Waals surface area contributed by atoms with Crippen LogP contribution in [0.5, 0.6) is 0 Å². The maximum atomic E-state index is 4.54. The van der Waals surface area contributed by atoms with Crippen molar-refractivity contribution in [3.63, 3.8) is 0 Å². The number of nitrogens with one attached hydrogen (secondary N) is 1. The van der Waals surface area contributed by atoms with Gasteiger partial charge in [0.25, 0.3) is 0 Å². The van der Waals surface area contributed by atoms with Crippen molar-refractivity contribution in [2.45, 2.75) is 77.3 Å². The van der Waals surface area contributed by atoms with Crippen molar-refractivity contribution in [1.82, 2.24) is 20.2 Å². The molecule has 3 heterocycles. The third-order valence-corrected chi connectivity index (χ3v) is 7.28. The summed E-state index contributed by atoms with van der Waals surface area (Å²) in [6, 6.07) is 4.69. The van der Waals surface area contributed by atoms with Crippen LogP contribution < -0.4 is 4.90 Å². The smallest absolute Gasteiger partial charge is 0.215 e. The molecule has 2 atom stereocenters. The first-order chi connectivity index (χ1) is 12.5. The lowest BCUT2D eigenvalue weighted by molar-refractivity contribution is -0.938. The zero-order valence-electron chi connectivity index (χ0n) is 16.4. The maximum Gasteiger partial charge on any atom is 0.215 e. The van der Waals surface area contributed by atoms with Crippen molar-refractivity contribution in [3.05, 3.63) is 28.2 Å². The summed E-state index contributed by atoms with van der Waals surface area (Å²) < 4.78 is 2.05. The Bertz CT molecular complexity index is 703. The van der Waals surface area contributed by atoms with Crippen LogP contribution in [0.3, 0.4) is 0 Å². The molecule has 0 aromatic carbocycles. The summed E-state index contributed by atoms with van der Waals surface area (Å²) in [6.45, 7) is 9.05. The van der Waals surface area contributed by atoms with Crippen LogP contribution >= 0.6 is 11.3 Å². The van der Waals surface area contributed by atoms with E-state index in [9.17, 15) is 0 Å². The quantitative estimate of drug-likeness (QED) is 0.897. The van der Waals surface area contributed by atoms with Crippen LogP contribution in [0, 0.1) is 5.41 Å². The van der Waals surface area contributed by atoms with Gasteiger partial charge in [0.05, 0.1) is 23.5 Å². The lowest BCUT2D eigenvalue weighted by atomic mass is 9.69. The SMILES string of the molecule is CC(C)(C)n1nnnc1[C@@H](c1cccs1)[NH+]1CCCC2(CCCCC2)C1. The molecular weight excluding hydrogens is 342 g/mol. The molecule has 1 unspecified atom stereocenters. The highest BCUT2D eigenvalue weighted by atomic mass is 32.1. The highest BCUT2D eigenvalue weighted by Crippen LogP contribution is 2.41. The van der Waals surface area contributed by atoms with E-state index in [2.05, 4.69) is 53.8 Å². The largest absolute Gasteiger partial charge is 0.321 e. The van der Waals surface area contributed by atoms with Crippen molar-refractivity contribution in [2.24, 2.45) is 5.41 Å². The van der Waals surface area contributed by atoms with Gasteiger partial charge in [-0.1, -0.05) is 25.3 Å². The van der Waals surface area contributed by atoms with Crippen molar-refractivity contribution in [2.75, 3.05) is 13.1 Å². The number of aromatic nitrogens is 4. The number of quaternary nitrogens is 1. The second-order valence-corrected chi connectivity index (χ2v) is 10.3. The third-order valence-electron chi connectivity index (χ3n) is 6.34. The van der Waals surface area contributed by atoms with Gasteiger partial charge in [-0.05, 0) is 68.3 Å². The van der Waals surface area contributed by atoms with Crippen LogP contribution in [0.2, 0.25) is 0 Å². The van der Waals surface area contributed by atoms with E-state index in [1.54, 1.807) is 4.90 Å². The number of likely N-dealkylation sites (tertiary alicyclic amines) is 1. The molecule has 1 saturated heterocycles. The Morgan fingerprint density at radius 3 is 2.62 bits per heavy atom. The van der Waals surface area contributed by atoms with Gasteiger partial charge >= 0.3 is 0 Å². The van der Waals surface area contributed by atoms with Gasteiger partial charge in [-0.3, -0.25) is 0 Å². The van der Waals surface area contributed by atoms with Crippen molar-refractivity contribution in [1.29, 1.82) is 0 Å². The fourth-order valence-corrected chi connectivity index (χ4v) is 6.02. The summed E-state index contributed by atoms with van der Waals surface area (Å²) in [5.41, 5.74) is 0.452. The van der Waals surface area contributed by atoms with Gasteiger partial charge in [0.1, 0.15) is 0 Å². The Labute approximate surface area is 160 Å². The van der Waals surface area contributed by atoms with Crippen LogP contribution in [-0.2, 0) is 5.54 Å². The zero-order valence-corrected chi connectivity index (χ0v) is 17.2. The molecule has 2 aliphatic rings. The molecule has 4 rings (SSSR count). The monoisotopic (exact) mass is 374 g/mol. The van der Waals surface area contributed by atoms with Crippen molar-refractivity contribution >= 4 is 11.3 Å². The maximum absolute atomic E-state index is 4.54. The zero-order chi connectivity index (χ0) is 18.2. The van der Waals surface area contributed by atoms with Crippen LogP contribution in [-0.4, -0.2) is 33.3 Å². The van der Waals surface area contributed by atoms with Gasteiger partial charge in [0, 0.05) is 5.41 Å². The summed E-state index contributed by atoms with van der Waals surface area (Å²) in [4.78, 5) is 3.06. The average Bonchev–Trinajstić information content (AvgIpc) is 3.28. The molecule has 0 bridgehead atoms. The number of thiophene rings is 1. The highest BCUT2D eigenvalue weighted by Gasteiger charge is 2.44. The molecule has 6 heteroatoms. The number of hydrogen-bond donors (Lipinski definition) is 1. The molecule has 1 aliphatic carbocycles. The van der Waals surface area contributed by atoms with E-state index in [1.165, 1.54) is 62.9 Å². The summed E-state index contributed by atoms with van der Waals surface area (Å²) in [6.07, 6.45) is 9.82. The van der Waals surface area contributed by atoms with Crippen molar-refractivity contribution < 1.29 is 4.90 Å². The summed E-state index contributed by atoms with van der Waals surface area (Å²) in [5.74, 6) is 1.03. The van der Waals surface area contributed by atoms with E-state index < -0.39 is 0 Å². The number of piperidine rings is 1. The molecule has 2 fully saturated rings. The average molecular weight is 375 g/mol. The normalized spacial score (nSPS) is 24.7. The molecule has 1 N–H and O–H groups in total. The molecule has 1 saturated carbocycles. The first kappa shape index (κ1) is 18.1. The number of nitrogens with zero attached hydrogens (tertiary/aromatic N) is 4. The molecule has 142 valence electrons. The highest BCUT2D eigenvalue weighted by molar-refractivity contribution is 7.10. The Morgan fingerprint density at radius 2 is 1.92 bits per heavy atom. The Morgan fingerprint density at radius 1 is 1.15 bits per heavy atom. The van der Waals surface area contributed by atoms with Gasteiger partial charge in [0.15, 0.2) is 6.04 Å². The minimum atomic E-state index is -0.105. The van der Waals surface area contributed by atoms with E-state index in [-0.39, 0.29) is 11.6 Å². The molecular formula is C20H32N5S+. The second-order valence-electron chi connectivity index (χ2n) is 9.32.